The van der Waals surface area contributed by atoms with Crippen molar-refractivity contribution >= 4 is 6.08 Å². The first-order valence-corrected chi connectivity index (χ1v) is 5.54. The Morgan fingerprint density at radius 2 is 1.94 bits per heavy atom. The van der Waals surface area contributed by atoms with Crippen LogP contribution < -0.4 is 4.74 Å². The molecule has 0 fully saturated rings. The van der Waals surface area contributed by atoms with Crippen molar-refractivity contribution in [3.8, 4) is 5.75 Å². The molecule has 1 aliphatic carbocycles. The zero-order valence-electron chi connectivity index (χ0n) is 10.2. The second-order valence-corrected chi connectivity index (χ2v) is 5.35. The lowest BCUT2D eigenvalue weighted by molar-refractivity contribution is 0.130. The molecule has 0 aliphatic heterocycles. The van der Waals surface area contributed by atoms with E-state index in [2.05, 4.69) is 0 Å². The van der Waals surface area contributed by atoms with Gasteiger partial charge in [-0.2, -0.15) is 0 Å². The van der Waals surface area contributed by atoms with Gasteiger partial charge < -0.3 is 4.74 Å². The molecule has 2 rings (SSSR count). The molecule has 1 nitrogen and oxygen atoms in total. The second-order valence-electron chi connectivity index (χ2n) is 5.35. The van der Waals surface area contributed by atoms with Gasteiger partial charge in [-0.15, -0.1) is 0 Å². The number of hydrogen-bond acceptors (Lipinski definition) is 1. The molecule has 0 spiro atoms. The van der Waals surface area contributed by atoms with Crippen LogP contribution in [0.4, 0.5) is 4.39 Å². The highest BCUT2D eigenvalue weighted by Crippen LogP contribution is 2.32. The molecule has 1 aromatic carbocycles. The minimum Gasteiger partial charge on any atom is -0.488 e. The van der Waals surface area contributed by atoms with Gasteiger partial charge in [0, 0.05) is 6.07 Å². The lowest BCUT2D eigenvalue weighted by atomic mass is 10.1. The first kappa shape index (κ1) is 11.2. The average molecular weight is 220 g/mol. The van der Waals surface area contributed by atoms with E-state index < -0.39 is 0 Å². The molecule has 2 heteroatoms. The fourth-order valence-electron chi connectivity index (χ4n) is 1.96. The van der Waals surface area contributed by atoms with Gasteiger partial charge in [0.15, 0.2) is 0 Å². The van der Waals surface area contributed by atoms with Gasteiger partial charge in [-0.3, -0.25) is 0 Å². The monoisotopic (exact) mass is 220 g/mol. The molecule has 0 heterocycles. The minimum absolute atomic E-state index is 0.162. The third-order valence-corrected chi connectivity index (χ3v) is 2.49. The largest absolute Gasteiger partial charge is 0.488 e. The molecular weight excluding hydrogens is 203 g/mol. The molecule has 1 aromatic rings. The Morgan fingerprint density at radius 3 is 2.56 bits per heavy atom. The average Bonchev–Trinajstić information content (AvgIpc) is 2.42. The van der Waals surface area contributed by atoms with Gasteiger partial charge in [0.2, 0.25) is 0 Å². The van der Waals surface area contributed by atoms with Crippen molar-refractivity contribution in [2.75, 3.05) is 0 Å². The van der Waals surface area contributed by atoms with Crippen molar-refractivity contribution in [2.45, 2.75) is 39.7 Å². The van der Waals surface area contributed by atoms with E-state index in [4.69, 9.17) is 4.74 Å². The van der Waals surface area contributed by atoms with Gasteiger partial charge in [0.05, 0.1) is 0 Å². The molecule has 0 saturated carbocycles. The highest BCUT2D eigenvalue weighted by atomic mass is 19.1. The summed E-state index contributed by atoms with van der Waals surface area (Å²) in [5, 5.41) is 0. The predicted octanol–water partition coefficient (Wildman–Crippen LogP) is 3.96. The molecule has 0 bridgehead atoms. The predicted molar refractivity (Wildman–Crippen MR) is 64.1 cm³/mol. The Kier molecular flexibility index (Phi) is 2.53. The standard InChI is InChI=1S/C14H17FO/c1-9-5-10-7-11(16-14(2,3)4)8-13(15)12(10)6-9/h5,7-8H,6H2,1-4H3. The topological polar surface area (TPSA) is 9.23 Å². The Morgan fingerprint density at radius 1 is 1.25 bits per heavy atom. The van der Waals surface area contributed by atoms with Crippen LogP contribution in [0.5, 0.6) is 5.75 Å². The van der Waals surface area contributed by atoms with Crippen LogP contribution in [0.3, 0.4) is 0 Å². The van der Waals surface area contributed by atoms with Gasteiger partial charge in [-0.05, 0) is 51.3 Å². The summed E-state index contributed by atoms with van der Waals surface area (Å²) in [7, 11) is 0. The van der Waals surface area contributed by atoms with Crippen LogP contribution in [0.15, 0.2) is 17.7 Å². The van der Waals surface area contributed by atoms with Crippen molar-refractivity contribution in [2.24, 2.45) is 0 Å². The first-order valence-electron chi connectivity index (χ1n) is 5.54. The molecule has 0 N–H and O–H groups in total. The summed E-state index contributed by atoms with van der Waals surface area (Å²) in [6.07, 6.45) is 2.74. The van der Waals surface area contributed by atoms with E-state index in [1.54, 1.807) is 0 Å². The maximum Gasteiger partial charge on any atom is 0.131 e. The van der Waals surface area contributed by atoms with Gasteiger partial charge in [-0.25, -0.2) is 4.39 Å². The third kappa shape index (κ3) is 2.26. The summed E-state index contributed by atoms with van der Waals surface area (Å²) in [6, 6.07) is 3.40. The molecule has 0 saturated heterocycles. The van der Waals surface area contributed by atoms with Crippen molar-refractivity contribution in [3.63, 3.8) is 0 Å². The first-order chi connectivity index (χ1) is 7.35. The van der Waals surface area contributed by atoms with Gasteiger partial charge in [0.25, 0.3) is 0 Å². The number of halogens is 1. The van der Waals surface area contributed by atoms with E-state index in [1.165, 1.54) is 11.6 Å². The van der Waals surface area contributed by atoms with E-state index in [0.717, 1.165) is 17.5 Å². The summed E-state index contributed by atoms with van der Waals surface area (Å²) < 4.78 is 19.5. The molecule has 0 unspecified atom stereocenters. The van der Waals surface area contributed by atoms with Gasteiger partial charge in [-0.1, -0.05) is 11.6 Å². The maximum absolute atomic E-state index is 13.8. The van der Waals surface area contributed by atoms with Crippen LogP contribution in [-0.4, -0.2) is 5.60 Å². The Hall–Kier alpha value is -1.31. The summed E-state index contributed by atoms with van der Waals surface area (Å²) in [5.41, 5.74) is 2.65. The molecule has 0 radical (unpaired) electrons. The molecule has 86 valence electrons. The highest BCUT2D eigenvalue weighted by molar-refractivity contribution is 5.65. The van der Waals surface area contributed by atoms with E-state index in [1.807, 2.05) is 39.8 Å². The summed E-state index contributed by atoms with van der Waals surface area (Å²) >= 11 is 0. The number of ether oxygens (including phenoxy) is 1. The van der Waals surface area contributed by atoms with E-state index >= 15 is 0 Å². The minimum atomic E-state index is -0.294. The van der Waals surface area contributed by atoms with Crippen LogP contribution in [0.1, 0.15) is 38.8 Å². The van der Waals surface area contributed by atoms with Crippen LogP contribution in [-0.2, 0) is 6.42 Å². The lowest BCUT2D eigenvalue weighted by Crippen LogP contribution is -2.23. The summed E-state index contributed by atoms with van der Waals surface area (Å²) in [6.45, 7) is 7.89. The normalized spacial score (nSPS) is 14.7. The van der Waals surface area contributed by atoms with Crippen molar-refractivity contribution in [1.82, 2.24) is 0 Å². The molecule has 1 aliphatic rings. The van der Waals surface area contributed by atoms with Crippen LogP contribution in [0, 0.1) is 5.82 Å². The second kappa shape index (κ2) is 3.62. The van der Waals surface area contributed by atoms with Gasteiger partial charge in [0.1, 0.15) is 17.2 Å². The third-order valence-electron chi connectivity index (χ3n) is 2.49. The Balaban J connectivity index is 2.37. The number of hydrogen-bond donors (Lipinski definition) is 0. The van der Waals surface area contributed by atoms with Crippen molar-refractivity contribution in [1.29, 1.82) is 0 Å². The quantitative estimate of drug-likeness (QED) is 0.696. The van der Waals surface area contributed by atoms with Crippen LogP contribution >= 0.6 is 0 Å². The maximum atomic E-state index is 13.8. The van der Waals surface area contributed by atoms with Gasteiger partial charge >= 0.3 is 0 Å². The van der Waals surface area contributed by atoms with E-state index in [9.17, 15) is 4.39 Å². The number of rotatable bonds is 1. The SMILES string of the molecule is CC1=Cc2cc(OC(C)(C)C)cc(F)c2C1. The fourth-order valence-corrected chi connectivity index (χ4v) is 1.96. The lowest BCUT2D eigenvalue weighted by Gasteiger charge is -2.21. The summed E-state index contributed by atoms with van der Waals surface area (Å²) in [4.78, 5) is 0. The fraction of sp³-hybridized carbons (Fsp3) is 0.429. The van der Waals surface area contributed by atoms with E-state index in [-0.39, 0.29) is 11.4 Å². The van der Waals surface area contributed by atoms with Crippen molar-refractivity contribution in [3.05, 3.63) is 34.6 Å². The zero-order chi connectivity index (χ0) is 11.9. The molecule has 16 heavy (non-hydrogen) atoms. The zero-order valence-corrected chi connectivity index (χ0v) is 10.2. The number of benzene rings is 1. The van der Waals surface area contributed by atoms with E-state index in [0.29, 0.717) is 5.75 Å². The molecule has 0 atom stereocenters. The summed E-state index contributed by atoms with van der Waals surface area (Å²) in [5.74, 6) is 0.444. The van der Waals surface area contributed by atoms with Crippen LogP contribution in [0.2, 0.25) is 0 Å². The Bertz CT molecular complexity index is 453. The van der Waals surface area contributed by atoms with Crippen molar-refractivity contribution < 1.29 is 9.13 Å². The molecule has 0 amide bonds. The highest BCUT2D eigenvalue weighted by Gasteiger charge is 2.18. The number of fused-ring (bicyclic) bond motifs is 1. The molecular formula is C14H17FO. The Labute approximate surface area is 95.9 Å². The van der Waals surface area contributed by atoms with Crippen LogP contribution in [0.25, 0.3) is 6.08 Å². The number of allylic oxidation sites excluding steroid dienone is 1. The molecule has 0 aromatic heterocycles. The smallest absolute Gasteiger partial charge is 0.131 e.